The number of nitrogen functional groups attached to an aromatic ring is 1. The van der Waals surface area contributed by atoms with Gasteiger partial charge in [-0.3, -0.25) is 14.6 Å². The van der Waals surface area contributed by atoms with E-state index in [0.717, 1.165) is 5.56 Å². The van der Waals surface area contributed by atoms with Crippen LogP contribution in [0.4, 0.5) is 11.4 Å². The summed E-state index contributed by atoms with van der Waals surface area (Å²) < 4.78 is 5.29. The van der Waals surface area contributed by atoms with Crippen molar-refractivity contribution in [1.82, 2.24) is 5.32 Å². The predicted octanol–water partition coefficient (Wildman–Crippen LogP) is 2.86. The van der Waals surface area contributed by atoms with Crippen LogP contribution in [-0.2, 0) is 4.79 Å². The van der Waals surface area contributed by atoms with Gasteiger partial charge in [0.1, 0.15) is 5.75 Å². The molecule has 0 radical (unpaired) electrons. The van der Waals surface area contributed by atoms with Crippen LogP contribution < -0.4 is 26.8 Å². The van der Waals surface area contributed by atoms with Crippen molar-refractivity contribution < 1.29 is 19.4 Å². The molecule has 0 aliphatic heterocycles. The molecule has 0 atom stereocenters. The zero-order valence-corrected chi connectivity index (χ0v) is 19.9. The Labute approximate surface area is 204 Å². The van der Waals surface area contributed by atoms with Gasteiger partial charge in [0.2, 0.25) is 0 Å². The standard InChI is InChI=1S/C26H31N5O4/c1-4-6-23(18-9-12-21(27)24(15-18)35-3)30-19(5-2)16-22(28)26(34)31-20-10-7-17(8-11-20)25(33)29-13-14-32/h4,6-12,15-16,32H,1,5,13-14,27-28H2,2-3H3,(H,29,33)(H,31,34)/b22-16-,23-6-,30-19-. The van der Waals surface area contributed by atoms with Crippen LogP contribution in [0.2, 0.25) is 0 Å². The average Bonchev–Trinajstić information content (AvgIpc) is 2.87. The van der Waals surface area contributed by atoms with Crippen molar-refractivity contribution in [3.05, 3.63) is 84.1 Å². The van der Waals surface area contributed by atoms with Gasteiger partial charge < -0.3 is 31.9 Å². The van der Waals surface area contributed by atoms with E-state index >= 15 is 0 Å². The molecular formula is C26H31N5O4. The van der Waals surface area contributed by atoms with Crippen molar-refractivity contribution in [2.75, 3.05) is 31.3 Å². The fraction of sp³-hybridized carbons (Fsp3) is 0.192. The fourth-order valence-electron chi connectivity index (χ4n) is 2.97. The van der Waals surface area contributed by atoms with Gasteiger partial charge in [-0.25, -0.2) is 0 Å². The van der Waals surface area contributed by atoms with E-state index in [1.54, 1.807) is 48.6 Å². The minimum Gasteiger partial charge on any atom is -0.495 e. The number of carbonyl (C=O) groups is 2. The quantitative estimate of drug-likeness (QED) is 0.145. The van der Waals surface area contributed by atoms with Gasteiger partial charge in [-0.15, -0.1) is 0 Å². The summed E-state index contributed by atoms with van der Waals surface area (Å²) in [4.78, 5) is 29.2. The second-order valence-electron chi connectivity index (χ2n) is 7.31. The summed E-state index contributed by atoms with van der Waals surface area (Å²) in [5, 5.41) is 14.0. The van der Waals surface area contributed by atoms with Crippen molar-refractivity contribution in [3.63, 3.8) is 0 Å². The molecule has 0 heterocycles. The first-order valence-electron chi connectivity index (χ1n) is 10.9. The number of benzene rings is 2. The molecule has 35 heavy (non-hydrogen) atoms. The maximum atomic E-state index is 12.6. The maximum absolute atomic E-state index is 12.6. The third kappa shape index (κ3) is 7.86. The number of rotatable bonds is 11. The first-order chi connectivity index (χ1) is 16.8. The second kappa shape index (κ2) is 13.4. The van der Waals surface area contributed by atoms with Gasteiger partial charge in [0.15, 0.2) is 0 Å². The van der Waals surface area contributed by atoms with Crippen LogP contribution in [0.3, 0.4) is 0 Å². The number of nitrogens with two attached hydrogens (primary N) is 2. The number of aliphatic hydroxyl groups is 1. The Morgan fingerprint density at radius 2 is 1.86 bits per heavy atom. The number of hydrogen-bond donors (Lipinski definition) is 5. The Morgan fingerprint density at radius 3 is 2.46 bits per heavy atom. The molecule has 2 aromatic carbocycles. The summed E-state index contributed by atoms with van der Waals surface area (Å²) in [5.41, 5.74) is 15.3. The number of hydrogen-bond acceptors (Lipinski definition) is 7. The van der Waals surface area contributed by atoms with E-state index in [-0.39, 0.29) is 24.8 Å². The molecule has 2 amide bonds. The molecule has 184 valence electrons. The van der Waals surface area contributed by atoms with E-state index in [0.29, 0.717) is 40.5 Å². The summed E-state index contributed by atoms with van der Waals surface area (Å²) in [7, 11) is 1.54. The molecule has 0 unspecified atom stereocenters. The summed E-state index contributed by atoms with van der Waals surface area (Å²) in [6.07, 6.45) is 5.38. The van der Waals surface area contributed by atoms with Gasteiger partial charge in [-0.2, -0.15) is 0 Å². The molecule has 7 N–H and O–H groups in total. The van der Waals surface area contributed by atoms with Gasteiger partial charge >= 0.3 is 0 Å². The van der Waals surface area contributed by atoms with Gasteiger partial charge in [0.05, 0.1) is 30.8 Å². The van der Waals surface area contributed by atoms with Crippen molar-refractivity contribution in [1.29, 1.82) is 0 Å². The zero-order valence-electron chi connectivity index (χ0n) is 19.9. The van der Waals surface area contributed by atoms with Crippen molar-refractivity contribution >= 4 is 34.6 Å². The van der Waals surface area contributed by atoms with E-state index in [1.807, 2.05) is 13.0 Å². The van der Waals surface area contributed by atoms with E-state index in [1.165, 1.54) is 13.2 Å². The molecule has 2 rings (SSSR count). The Morgan fingerprint density at radius 1 is 1.17 bits per heavy atom. The predicted molar refractivity (Wildman–Crippen MR) is 140 cm³/mol. The summed E-state index contributed by atoms with van der Waals surface area (Å²) >= 11 is 0. The largest absolute Gasteiger partial charge is 0.495 e. The third-order valence-electron chi connectivity index (χ3n) is 4.82. The Bertz CT molecular complexity index is 1150. The van der Waals surface area contributed by atoms with Crippen molar-refractivity contribution in [2.24, 2.45) is 10.7 Å². The first kappa shape index (κ1) is 26.9. The summed E-state index contributed by atoms with van der Waals surface area (Å²) in [6, 6.07) is 11.6. The lowest BCUT2D eigenvalue weighted by atomic mass is 10.1. The van der Waals surface area contributed by atoms with Crippen molar-refractivity contribution in [3.8, 4) is 5.75 Å². The number of nitrogens with one attached hydrogen (secondary N) is 2. The number of methoxy groups -OCH3 is 1. The van der Waals surface area contributed by atoms with Gasteiger partial charge in [0, 0.05) is 29.1 Å². The van der Waals surface area contributed by atoms with E-state index in [9.17, 15) is 9.59 Å². The maximum Gasteiger partial charge on any atom is 0.271 e. The fourth-order valence-corrected chi connectivity index (χ4v) is 2.97. The number of nitrogens with zero attached hydrogens (tertiary/aromatic N) is 1. The number of aliphatic hydroxyl groups excluding tert-OH is 1. The van der Waals surface area contributed by atoms with Gasteiger partial charge in [-0.05, 0) is 55.0 Å². The molecule has 9 heteroatoms. The highest BCUT2D eigenvalue weighted by Gasteiger charge is 2.10. The lowest BCUT2D eigenvalue weighted by molar-refractivity contribution is -0.112. The minimum absolute atomic E-state index is 0.0248. The van der Waals surface area contributed by atoms with Crippen LogP contribution in [0, 0.1) is 0 Å². The van der Waals surface area contributed by atoms with Crippen LogP contribution in [0.15, 0.2) is 78.0 Å². The zero-order chi connectivity index (χ0) is 25.8. The van der Waals surface area contributed by atoms with Gasteiger partial charge in [-0.1, -0.05) is 25.6 Å². The van der Waals surface area contributed by atoms with Gasteiger partial charge in [0.25, 0.3) is 11.8 Å². The first-order valence-corrected chi connectivity index (χ1v) is 10.9. The molecule has 0 fully saturated rings. The monoisotopic (exact) mass is 477 g/mol. The summed E-state index contributed by atoms with van der Waals surface area (Å²) in [5.74, 6) is -0.300. The molecule has 9 nitrogen and oxygen atoms in total. The smallest absolute Gasteiger partial charge is 0.271 e. The highest BCUT2D eigenvalue weighted by Crippen LogP contribution is 2.27. The SMILES string of the molecule is C=C\C=C(/N=C(\C=C(/N)C(=O)Nc1ccc(C(=O)NCCO)cc1)CC)c1ccc(N)c(OC)c1. The molecule has 0 aromatic heterocycles. The Kier molecular flexibility index (Phi) is 10.3. The van der Waals surface area contributed by atoms with E-state index in [2.05, 4.69) is 22.2 Å². The minimum atomic E-state index is -0.507. The Hall–Kier alpha value is -4.37. The van der Waals surface area contributed by atoms with Crippen LogP contribution >= 0.6 is 0 Å². The molecular weight excluding hydrogens is 446 g/mol. The van der Waals surface area contributed by atoms with Crippen LogP contribution in [0.5, 0.6) is 5.75 Å². The second-order valence-corrected chi connectivity index (χ2v) is 7.31. The molecule has 0 aliphatic rings. The van der Waals surface area contributed by atoms with E-state index < -0.39 is 5.91 Å². The van der Waals surface area contributed by atoms with Crippen molar-refractivity contribution in [2.45, 2.75) is 13.3 Å². The third-order valence-corrected chi connectivity index (χ3v) is 4.82. The number of ether oxygens (including phenoxy) is 1. The molecule has 0 aliphatic carbocycles. The topological polar surface area (TPSA) is 152 Å². The number of aliphatic imine (C=N–C) groups is 1. The van der Waals surface area contributed by atoms with Crippen LogP contribution in [0.1, 0.15) is 29.3 Å². The highest BCUT2D eigenvalue weighted by atomic mass is 16.5. The summed E-state index contributed by atoms with van der Waals surface area (Å²) in [6.45, 7) is 5.66. The molecule has 2 aromatic rings. The average molecular weight is 478 g/mol. The van der Waals surface area contributed by atoms with E-state index in [4.69, 9.17) is 21.3 Å². The van der Waals surface area contributed by atoms with Crippen LogP contribution in [0.25, 0.3) is 5.70 Å². The highest BCUT2D eigenvalue weighted by molar-refractivity contribution is 6.09. The number of allylic oxidation sites excluding steroid dienone is 3. The molecule has 0 saturated heterocycles. The molecule has 0 bridgehead atoms. The lowest BCUT2D eigenvalue weighted by Gasteiger charge is -2.10. The number of anilines is 2. The molecule has 0 saturated carbocycles. The number of carbonyl (C=O) groups excluding carboxylic acids is 2. The Balaban J connectivity index is 2.20. The molecule has 0 spiro atoms. The van der Waals surface area contributed by atoms with Crippen LogP contribution in [-0.4, -0.2) is 42.9 Å². The lowest BCUT2D eigenvalue weighted by Crippen LogP contribution is -2.26. The normalized spacial score (nSPS) is 12.1. The number of amides is 2.